The Morgan fingerprint density at radius 2 is 1.76 bits per heavy atom. The third-order valence-electron chi connectivity index (χ3n) is 5.06. The molecule has 170 valence electrons. The molecule has 3 rings (SSSR count). The van der Waals surface area contributed by atoms with E-state index in [1.165, 1.54) is 4.90 Å². The molecule has 2 aromatic carbocycles. The van der Waals surface area contributed by atoms with Gasteiger partial charge in [-0.25, -0.2) is 4.99 Å². The number of hydrogen-bond donors (Lipinski definition) is 1. The minimum atomic E-state index is -0.610. The van der Waals surface area contributed by atoms with E-state index >= 15 is 0 Å². The van der Waals surface area contributed by atoms with E-state index in [4.69, 9.17) is 4.42 Å². The van der Waals surface area contributed by atoms with Gasteiger partial charge in [0.2, 0.25) is 5.89 Å². The van der Waals surface area contributed by atoms with E-state index < -0.39 is 6.10 Å². The van der Waals surface area contributed by atoms with Crippen molar-refractivity contribution >= 4 is 24.0 Å². The van der Waals surface area contributed by atoms with Crippen molar-refractivity contribution in [3.05, 3.63) is 76.8 Å². The van der Waals surface area contributed by atoms with Crippen molar-refractivity contribution in [1.29, 1.82) is 0 Å². The van der Waals surface area contributed by atoms with Crippen LogP contribution in [-0.4, -0.2) is 52.6 Å². The first kappa shape index (κ1) is 23.7. The van der Waals surface area contributed by atoms with Crippen LogP contribution < -0.4 is 0 Å². The molecule has 0 saturated heterocycles. The van der Waals surface area contributed by atoms with E-state index in [2.05, 4.69) is 26.9 Å². The van der Waals surface area contributed by atoms with Gasteiger partial charge in [0, 0.05) is 30.9 Å². The summed E-state index contributed by atoms with van der Waals surface area (Å²) >= 11 is 0. The highest BCUT2D eigenvalue weighted by atomic mass is 16.4. The average molecular weight is 446 g/mol. The van der Waals surface area contributed by atoms with E-state index in [0.717, 1.165) is 11.1 Å². The van der Waals surface area contributed by atoms with Crippen molar-refractivity contribution in [3.63, 3.8) is 0 Å². The molecule has 0 radical (unpaired) electrons. The Morgan fingerprint density at radius 1 is 1.09 bits per heavy atom. The molecule has 1 unspecified atom stereocenters. The lowest BCUT2D eigenvalue weighted by molar-refractivity contribution is 0.0827. The van der Waals surface area contributed by atoms with Gasteiger partial charge in [-0.3, -0.25) is 9.79 Å². The third kappa shape index (κ3) is 5.48. The normalized spacial score (nSPS) is 13.3. The topological polar surface area (TPSA) is 104 Å². The van der Waals surface area contributed by atoms with Gasteiger partial charge in [-0.2, -0.15) is 0 Å². The van der Waals surface area contributed by atoms with Gasteiger partial charge >= 0.3 is 0 Å². The smallest absolute Gasteiger partial charge is 0.268 e. The van der Waals surface area contributed by atoms with Gasteiger partial charge in [-0.1, -0.05) is 24.3 Å². The highest BCUT2D eigenvalue weighted by Gasteiger charge is 2.17. The van der Waals surface area contributed by atoms with Crippen molar-refractivity contribution in [1.82, 2.24) is 15.1 Å². The molecule has 1 aromatic heterocycles. The fourth-order valence-electron chi connectivity index (χ4n) is 3.07. The van der Waals surface area contributed by atoms with Crippen LogP contribution in [0.2, 0.25) is 0 Å². The highest BCUT2D eigenvalue weighted by Crippen LogP contribution is 2.27. The largest absolute Gasteiger partial charge is 0.415 e. The fourth-order valence-corrected chi connectivity index (χ4v) is 3.07. The zero-order valence-electron chi connectivity index (χ0n) is 19.4. The van der Waals surface area contributed by atoms with E-state index in [1.54, 1.807) is 46.1 Å². The second-order valence-corrected chi connectivity index (χ2v) is 7.78. The van der Waals surface area contributed by atoms with Crippen LogP contribution in [0, 0.1) is 0 Å². The summed E-state index contributed by atoms with van der Waals surface area (Å²) in [4.78, 5) is 22.3. The van der Waals surface area contributed by atoms with E-state index in [-0.39, 0.29) is 11.8 Å². The Labute approximate surface area is 193 Å². The molecule has 8 nitrogen and oxygen atoms in total. The first-order chi connectivity index (χ1) is 15.7. The molecule has 1 atom stereocenters. The maximum atomic E-state index is 12.1. The van der Waals surface area contributed by atoms with Gasteiger partial charge in [-0.15, -0.1) is 10.2 Å². The van der Waals surface area contributed by atoms with Crippen molar-refractivity contribution in [2.24, 2.45) is 9.98 Å². The second kappa shape index (κ2) is 10.1. The van der Waals surface area contributed by atoms with Gasteiger partial charge in [-0.05, 0) is 62.9 Å². The first-order valence-corrected chi connectivity index (χ1v) is 10.4. The summed E-state index contributed by atoms with van der Waals surface area (Å²) in [7, 11) is 3.43. The lowest BCUT2D eigenvalue weighted by atomic mass is 10.1. The molecule has 3 aromatic rings. The number of allylic oxidation sites excluding steroid dienone is 1. The van der Waals surface area contributed by atoms with Crippen molar-refractivity contribution in [2.75, 3.05) is 14.1 Å². The lowest BCUT2D eigenvalue weighted by Gasteiger charge is -2.10. The number of carbonyl (C=O) groups is 1. The first-order valence-electron chi connectivity index (χ1n) is 10.4. The SMILES string of the molecule is C=N/C(C)=C(\N=C(C)c1ccc(C(=O)N(C)C)cc1)c1nnc(-c2cccc(C(C)O)c2)o1. The number of aliphatic imine (C=N–C) groups is 2. The third-order valence-corrected chi connectivity index (χ3v) is 5.06. The van der Waals surface area contributed by atoms with Crippen LogP contribution in [0.1, 0.15) is 54.3 Å². The van der Waals surface area contributed by atoms with Crippen molar-refractivity contribution in [3.8, 4) is 11.5 Å². The molecule has 0 spiro atoms. The van der Waals surface area contributed by atoms with Gasteiger partial charge in [0.25, 0.3) is 11.8 Å². The number of aliphatic hydroxyl groups excluding tert-OH is 1. The molecule has 33 heavy (non-hydrogen) atoms. The number of aromatic nitrogens is 2. The maximum Gasteiger partial charge on any atom is 0.268 e. The molecule has 1 heterocycles. The zero-order chi connectivity index (χ0) is 24.1. The van der Waals surface area contributed by atoms with Gasteiger partial charge in [0.15, 0.2) is 0 Å². The standard InChI is InChI=1S/C25H27N5O3/c1-15(18-10-12-19(13-11-18)25(32)30(5)6)27-22(16(2)26-4)24-29-28-23(33-24)21-9-7-8-20(14-21)17(3)31/h7-14,17,31H,4H2,1-3,5-6H3/b22-16-,27-15?. The van der Waals surface area contributed by atoms with E-state index in [0.29, 0.717) is 34.1 Å². The lowest BCUT2D eigenvalue weighted by Crippen LogP contribution is -2.21. The van der Waals surface area contributed by atoms with Crippen LogP contribution in [0.4, 0.5) is 0 Å². The zero-order valence-corrected chi connectivity index (χ0v) is 19.4. The summed E-state index contributed by atoms with van der Waals surface area (Å²) < 4.78 is 5.90. The molecule has 0 saturated carbocycles. The van der Waals surface area contributed by atoms with Crippen LogP contribution in [0.5, 0.6) is 0 Å². The molecular formula is C25H27N5O3. The molecule has 0 aliphatic carbocycles. The molecule has 0 aliphatic heterocycles. The number of aliphatic hydroxyl groups is 1. The molecule has 0 bridgehead atoms. The number of amides is 1. The Balaban J connectivity index is 1.95. The van der Waals surface area contributed by atoms with Crippen molar-refractivity contribution < 1.29 is 14.3 Å². The fraction of sp³-hybridized carbons (Fsp3) is 0.240. The number of rotatable bonds is 7. The molecule has 0 aliphatic rings. The molecule has 1 N–H and O–H groups in total. The minimum Gasteiger partial charge on any atom is -0.415 e. The van der Waals surface area contributed by atoms with Crippen LogP contribution in [-0.2, 0) is 0 Å². The second-order valence-electron chi connectivity index (χ2n) is 7.78. The summed E-state index contributed by atoms with van der Waals surface area (Å²) in [6.07, 6.45) is -0.610. The number of benzene rings is 2. The van der Waals surface area contributed by atoms with E-state index in [9.17, 15) is 9.90 Å². The molecular weight excluding hydrogens is 418 g/mol. The van der Waals surface area contributed by atoms with Crippen LogP contribution in [0.15, 0.2) is 68.6 Å². The average Bonchev–Trinajstić information content (AvgIpc) is 3.31. The summed E-state index contributed by atoms with van der Waals surface area (Å²) in [5.74, 6) is 0.443. The van der Waals surface area contributed by atoms with Gasteiger partial charge in [0.1, 0.15) is 5.70 Å². The Bertz CT molecular complexity index is 1220. The Hall–Kier alpha value is -3.91. The van der Waals surface area contributed by atoms with Gasteiger partial charge < -0.3 is 14.4 Å². The number of hydrogen-bond acceptors (Lipinski definition) is 7. The summed E-state index contributed by atoms with van der Waals surface area (Å²) in [6.45, 7) is 8.90. The molecule has 8 heteroatoms. The monoisotopic (exact) mass is 445 g/mol. The highest BCUT2D eigenvalue weighted by molar-refractivity contribution is 6.02. The molecule has 0 fully saturated rings. The predicted molar refractivity (Wildman–Crippen MR) is 129 cm³/mol. The predicted octanol–water partition coefficient (Wildman–Crippen LogP) is 4.39. The van der Waals surface area contributed by atoms with Crippen LogP contribution >= 0.6 is 0 Å². The quantitative estimate of drug-likeness (QED) is 0.543. The molecule has 1 amide bonds. The summed E-state index contributed by atoms with van der Waals surface area (Å²) in [5.41, 5.74) is 4.49. The minimum absolute atomic E-state index is 0.0681. The van der Waals surface area contributed by atoms with Crippen LogP contribution in [0.3, 0.4) is 0 Å². The van der Waals surface area contributed by atoms with Crippen molar-refractivity contribution in [2.45, 2.75) is 26.9 Å². The van der Waals surface area contributed by atoms with Gasteiger partial charge in [0.05, 0.1) is 11.8 Å². The Kier molecular flexibility index (Phi) is 7.30. The summed E-state index contributed by atoms with van der Waals surface area (Å²) in [5, 5.41) is 18.1. The van der Waals surface area contributed by atoms with E-state index in [1.807, 2.05) is 37.3 Å². The number of carbonyl (C=O) groups excluding carboxylic acids is 1. The maximum absolute atomic E-state index is 12.1. The summed E-state index contributed by atoms with van der Waals surface area (Å²) in [6, 6.07) is 14.5. The number of nitrogens with zero attached hydrogens (tertiary/aromatic N) is 5. The Morgan fingerprint density at radius 3 is 2.36 bits per heavy atom. The van der Waals surface area contributed by atoms with Crippen LogP contribution in [0.25, 0.3) is 17.2 Å².